The molecule has 1 heterocycles. The third-order valence-electron chi connectivity index (χ3n) is 5.60. The highest BCUT2D eigenvalue weighted by Gasteiger charge is 2.31. The van der Waals surface area contributed by atoms with Crippen molar-refractivity contribution >= 4 is 11.9 Å². The highest BCUT2D eigenvalue weighted by atomic mass is 16.2. The molecule has 2 atom stereocenters. The molecule has 5 heteroatoms. The summed E-state index contributed by atoms with van der Waals surface area (Å²) in [5, 5.41) is 3.14. The van der Waals surface area contributed by atoms with Gasteiger partial charge >= 0.3 is 6.03 Å². The first-order chi connectivity index (χ1) is 12.0. The number of hydrogen-bond acceptors (Lipinski definition) is 2. The normalized spacial score (nSPS) is 23.8. The Morgan fingerprint density at radius 1 is 1.16 bits per heavy atom. The predicted molar refractivity (Wildman–Crippen MR) is 98.1 cm³/mol. The molecule has 0 aromatic heterocycles. The van der Waals surface area contributed by atoms with Crippen LogP contribution in [0.1, 0.15) is 43.7 Å². The lowest BCUT2D eigenvalue weighted by Crippen LogP contribution is -2.46. The molecule has 136 valence electrons. The summed E-state index contributed by atoms with van der Waals surface area (Å²) >= 11 is 0. The van der Waals surface area contributed by atoms with Gasteiger partial charge in [0.2, 0.25) is 5.91 Å². The monoisotopic (exact) mass is 343 g/mol. The van der Waals surface area contributed by atoms with Gasteiger partial charge in [0.1, 0.15) is 6.54 Å². The number of nitrogens with zero attached hydrogens (tertiary/aromatic N) is 2. The van der Waals surface area contributed by atoms with E-state index in [-0.39, 0.29) is 24.5 Å². The molecular formula is C20H29N3O2. The summed E-state index contributed by atoms with van der Waals surface area (Å²) < 4.78 is 0. The first kappa shape index (κ1) is 17.8. The van der Waals surface area contributed by atoms with Gasteiger partial charge in [-0.1, -0.05) is 44.0 Å². The van der Waals surface area contributed by atoms with Gasteiger partial charge in [-0.05, 0) is 36.8 Å². The number of hydrogen-bond donors (Lipinski definition) is 1. The summed E-state index contributed by atoms with van der Waals surface area (Å²) in [4.78, 5) is 28.4. The third kappa shape index (κ3) is 4.33. The van der Waals surface area contributed by atoms with Gasteiger partial charge in [0, 0.05) is 25.7 Å². The van der Waals surface area contributed by atoms with Gasteiger partial charge in [0.05, 0.1) is 0 Å². The topological polar surface area (TPSA) is 52.6 Å². The number of carbonyl (C=O) groups is 2. The second-order valence-corrected chi connectivity index (χ2v) is 7.49. The van der Waals surface area contributed by atoms with Gasteiger partial charge in [-0.3, -0.25) is 4.79 Å². The zero-order valence-electron chi connectivity index (χ0n) is 15.3. The van der Waals surface area contributed by atoms with Crippen molar-refractivity contribution in [1.82, 2.24) is 15.1 Å². The molecule has 0 unspecified atom stereocenters. The van der Waals surface area contributed by atoms with Crippen LogP contribution in [0, 0.1) is 12.8 Å². The highest BCUT2D eigenvalue weighted by molar-refractivity contribution is 5.85. The van der Waals surface area contributed by atoms with E-state index in [4.69, 9.17) is 0 Å². The molecule has 1 aliphatic heterocycles. The number of urea groups is 1. The molecule has 2 aliphatic rings. The Morgan fingerprint density at radius 3 is 2.64 bits per heavy atom. The lowest BCUT2D eigenvalue weighted by Gasteiger charge is -2.30. The van der Waals surface area contributed by atoms with Crippen LogP contribution in [-0.2, 0) is 11.3 Å². The summed E-state index contributed by atoms with van der Waals surface area (Å²) in [5.74, 6) is 0.509. The molecule has 1 aromatic carbocycles. The van der Waals surface area contributed by atoms with Crippen LogP contribution in [0.15, 0.2) is 24.3 Å². The molecule has 25 heavy (non-hydrogen) atoms. The lowest BCUT2D eigenvalue weighted by molar-refractivity contribution is -0.122. The van der Waals surface area contributed by atoms with Crippen LogP contribution in [0.4, 0.5) is 4.79 Å². The Hall–Kier alpha value is -2.04. The van der Waals surface area contributed by atoms with Crippen LogP contribution >= 0.6 is 0 Å². The Balaban J connectivity index is 1.51. The molecule has 3 rings (SSSR count). The van der Waals surface area contributed by atoms with Crippen molar-refractivity contribution in [3.63, 3.8) is 0 Å². The minimum atomic E-state index is -0.0323. The summed E-state index contributed by atoms with van der Waals surface area (Å²) in [6, 6.07) is 8.36. The van der Waals surface area contributed by atoms with Gasteiger partial charge < -0.3 is 15.1 Å². The quantitative estimate of drug-likeness (QED) is 0.894. The average Bonchev–Trinajstić information content (AvgIpc) is 2.92. The van der Waals surface area contributed by atoms with Crippen molar-refractivity contribution in [3.8, 4) is 0 Å². The Kier molecular flexibility index (Phi) is 5.61. The molecule has 5 nitrogen and oxygen atoms in total. The number of benzene rings is 1. The van der Waals surface area contributed by atoms with E-state index in [2.05, 4.69) is 31.3 Å². The van der Waals surface area contributed by atoms with Crippen molar-refractivity contribution in [2.45, 2.75) is 52.1 Å². The SMILES string of the molecule is Cc1ccccc1CN1CCN(CC(=O)N[C@H]2CCCC[C@@H]2C)C1=O. The molecular weight excluding hydrogens is 314 g/mol. The average molecular weight is 343 g/mol. The molecule has 1 saturated heterocycles. The molecule has 0 radical (unpaired) electrons. The van der Waals surface area contributed by atoms with Crippen molar-refractivity contribution in [2.24, 2.45) is 5.92 Å². The van der Waals surface area contributed by atoms with Crippen LogP contribution in [0.5, 0.6) is 0 Å². The van der Waals surface area contributed by atoms with Crippen LogP contribution in [0.2, 0.25) is 0 Å². The minimum absolute atomic E-state index is 0.0233. The van der Waals surface area contributed by atoms with Gasteiger partial charge in [0.15, 0.2) is 0 Å². The zero-order valence-corrected chi connectivity index (χ0v) is 15.3. The van der Waals surface area contributed by atoms with Gasteiger partial charge in [-0.15, -0.1) is 0 Å². The van der Waals surface area contributed by atoms with Crippen molar-refractivity contribution in [3.05, 3.63) is 35.4 Å². The summed E-state index contributed by atoms with van der Waals surface area (Å²) in [7, 11) is 0. The number of rotatable bonds is 5. The molecule has 3 amide bonds. The van der Waals surface area contributed by atoms with Crippen molar-refractivity contribution < 1.29 is 9.59 Å². The molecule has 1 N–H and O–H groups in total. The van der Waals surface area contributed by atoms with Crippen LogP contribution < -0.4 is 5.32 Å². The number of amides is 3. The summed E-state index contributed by atoms with van der Waals surface area (Å²) in [5.41, 5.74) is 2.36. The number of nitrogens with one attached hydrogen (secondary N) is 1. The molecule has 1 aromatic rings. The maximum Gasteiger partial charge on any atom is 0.320 e. The lowest BCUT2D eigenvalue weighted by atomic mass is 9.86. The summed E-state index contributed by atoms with van der Waals surface area (Å²) in [6.07, 6.45) is 4.67. The highest BCUT2D eigenvalue weighted by Crippen LogP contribution is 2.23. The third-order valence-corrected chi connectivity index (χ3v) is 5.60. The van der Waals surface area contributed by atoms with Gasteiger partial charge in [0.25, 0.3) is 0 Å². The van der Waals surface area contributed by atoms with Gasteiger partial charge in [-0.25, -0.2) is 4.79 Å². The molecule has 2 fully saturated rings. The largest absolute Gasteiger partial charge is 0.352 e. The Labute approximate surface area is 150 Å². The van der Waals surface area contributed by atoms with E-state index >= 15 is 0 Å². The molecule has 0 bridgehead atoms. The van der Waals surface area contributed by atoms with Crippen LogP contribution in [0.3, 0.4) is 0 Å². The van der Waals surface area contributed by atoms with Crippen LogP contribution in [-0.4, -0.2) is 47.4 Å². The van der Waals surface area contributed by atoms with E-state index in [1.165, 1.54) is 24.8 Å². The maximum atomic E-state index is 12.6. The van der Waals surface area contributed by atoms with E-state index < -0.39 is 0 Å². The number of aryl methyl sites for hydroxylation is 1. The first-order valence-electron chi connectivity index (χ1n) is 9.42. The molecule has 0 spiro atoms. The van der Waals surface area contributed by atoms with E-state index in [0.29, 0.717) is 25.6 Å². The van der Waals surface area contributed by atoms with E-state index in [1.807, 2.05) is 17.0 Å². The standard InChI is InChI=1S/C20H29N3O2/c1-15-7-3-5-9-17(15)13-22-11-12-23(20(22)25)14-19(24)21-18-10-6-4-8-16(18)2/h3,5,7,9,16,18H,4,6,8,10-14H2,1-2H3,(H,21,24)/t16-,18-/m0/s1. The predicted octanol–water partition coefficient (Wildman–Crippen LogP) is 2.93. The first-order valence-corrected chi connectivity index (χ1v) is 9.42. The molecule has 1 aliphatic carbocycles. The van der Waals surface area contributed by atoms with Gasteiger partial charge in [-0.2, -0.15) is 0 Å². The summed E-state index contributed by atoms with van der Waals surface area (Å²) in [6.45, 7) is 6.36. The fourth-order valence-corrected chi connectivity index (χ4v) is 3.88. The Morgan fingerprint density at radius 2 is 1.88 bits per heavy atom. The van der Waals surface area contributed by atoms with Crippen molar-refractivity contribution in [2.75, 3.05) is 19.6 Å². The second-order valence-electron chi connectivity index (χ2n) is 7.49. The zero-order chi connectivity index (χ0) is 17.8. The fourth-order valence-electron chi connectivity index (χ4n) is 3.88. The maximum absolute atomic E-state index is 12.6. The minimum Gasteiger partial charge on any atom is -0.352 e. The van der Waals surface area contributed by atoms with Crippen LogP contribution in [0.25, 0.3) is 0 Å². The number of carbonyl (C=O) groups excluding carboxylic acids is 2. The van der Waals surface area contributed by atoms with E-state index in [0.717, 1.165) is 12.0 Å². The Bertz CT molecular complexity index is 631. The van der Waals surface area contributed by atoms with Crippen molar-refractivity contribution in [1.29, 1.82) is 0 Å². The molecule has 1 saturated carbocycles. The second kappa shape index (κ2) is 7.89. The smallest absolute Gasteiger partial charge is 0.320 e. The van der Waals surface area contributed by atoms with E-state index in [9.17, 15) is 9.59 Å². The fraction of sp³-hybridized carbons (Fsp3) is 0.600. The van der Waals surface area contributed by atoms with E-state index in [1.54, 1.807) is 4.90 Å².